The molecule has 0 saturated carbocycles. The number of ether oxygens (including phenoxy) is 1. The van der Waals surface area contributed by atoms with Crippen molar-refractivity contribution in [3.63, 3.8) is 0 Å². The molecular weight excluding hydrogens is 286 g/mol. The van der Waals surface area contributed by atoms with Crippen molar-refractivity contribution in [2.75, 3.05) is 19.8 Å². The number of carbonyl (C=O) groups is 1. The molecule has 1 N–H and O–H groups in total. The van der Waals surface area contributed by atoms with Crippen LogP contribution >= 0.6 is 11.3 Å². The van der Waals surface area contributed by atoms with E-state index >= 15 is 0 Å². The van der Waals surface area contributed by atoms with Gasteiger partial charge in [0.25, 0.3) is 0 Å². The molecule has 1 amide bonds. The number of pyridine rings is 1. The van der Waals surface area contributed by atoms with Crippen LogP contribution in [0.4, 0.5) is 0 Å². The Morgan fingerprint density at radius 2 is 2.29 bits per heavy atom. The molecule has 21 heavy (non-hydrogen) atoms. The summed E-state index contributed by atoms with van der Waals surface area (Å²) in [6, 6.07) is 3.90. The molecule has 2 aromatic rings. The fraction of sp³-hybridized carbons (Fsp3) is 0.400. The summed E-state index contributed by atoms with van der Waals surface area (Å²) in [4.78, 5) is 20.4. The van der Waals surface area contributed by atoms with Crippen LogP contribution in [0.2, 0.25) is 0 Å². The summed E-state index contributed by atoms with van der Waals surface area (Å²) in [6.07, 6.45) is 5.11. The van der Waals surface area contributed by atoms with Gasteiger partial charge in [-0.2, -0.15) is 0 Å². The number of hydrogen-bond donors (Lipinski definition) is 1. The Labute approximate surface area is 127 Å². The van der Waals surface area contributed by atoms with Gasteiger partial charge in [0.1, 0.15) is 5.01 Å². The van der Waals surface area contributed by atoms with Gasteiger partial charge in [-0.25, -0.2) is 4.98 Å². The van der Waals surface area contributed by atoms with E-state index in [1.54, 1.807) is 23.7 Å². The summed E-state index contributed by atoms with van der Waals surface area (Å²) in [5, 5.41) is 5.99. The van der Waals surface area contributed by atoms with Gasteiger partial charge in [0.2, 0.25) is 5.91 Å². The van der Waals surface area contributed by atoms with Crippen molar-refractivity contribution in [2.24, 2.45) is 5.92 Å². The van der Waals surface area contributed by atoms with E-state index in [0.29, 0.717) is 19.8 Å². The highest BCUT2D eigenvalue weighted by Crippen LogP contribution is 2.22. The molecule has 110 valence electrons. The Hall–Kier alpha value is -1.79. The maximum absolute atomic E-state index is 11.8. The van der Waals surface area contributed by atoms with Crippen LogP contribution < -0.4 is 5.32 Å². The molecule has 3 rings (SSSR count). The summed E-state index contributed by atoms with van der Waals surface area (Å²) in [5.74, 6) is 0.116. The summed E-state index contributed by atoms with van der Waals surface area (Å²) in [5.41, 5.74) is 2.09. The van der Waals surface area contributed by atoms with Crippen molar-refractivity contribution >= 4 is 17.2 Å². The van der Waals surface area contributed by atoms with E-state index in [-0.39, 0.29) is 11.8 Å². The topological polar surface area (TPSA) is 64.1 Å². The highest BCUT2D eigenvalue weighted by atomic mass is 32.1. The second kappa shape index (κ2) is 6.78. The van der Waals surface area contributed by atoms with E-state index < -0.39 is 0 Å². The molecule has 1 unspecified atom stereocenters. The van der Waals surface area contributed by atoms with Gasteiger partial charge in [0.05, 0.1) is 18.2 Å². The van der Waals surface area contributed by atoms with Gasteiger partial charge in [-0.05, 0) is 18.6 Å². The molecule has 0 radical (unpaired) electrons. The number of aromatic nitrogens is 2. The van der Waals surface area contributed by atoms with Crippen LogP contribution in [-0.4, -0.2) is 35.6 Å². The van der Waals surface area contributed by atoms with E-state index in [2.05, 4.69) is 15.3 Å². The Bertz CT molecular complexity index is 594. The monoisotopic (exact) mass is 303 g/mol. The molecule has 3 heterocycles. The predicted octanol–water partition coefficient (Wildman–Crippen LogP) is 1.90. The van der Waals surface area contributed by atoms with E-state index in [9.17, 15) is 4.79 Å². The van der Waals surface area contributed by atoms with Gasteiger partial charge in [-0.1, -0.05) is 0 Å². The van der Waals surface area contributed by atoms with Crippen LogP contribution in [0, 0.1) is 5.92 Å². The average Bonchev–Trinajstić information content (AvgIpc) is 3.20. The number of amides is 1. The molecule has 5 nitrogen and oxygen atoms in total. The lowest BCUT2D eigenvalue weighted by atomic mass is 10.1. The zero-order valence-electron chi connectivity index (χ0n) is 11.6. The molecule has 1 saturated heterocycles. The van der Waals surface area contributed by atoms with Gasteiger partial charge in [0, 0.05) is 42.9 Å². The van der Waals surface area contributed by atoms with Crippen LogP contribution in [-0.2, 0) is 16.0 Å². The average molecular weight is 303 g/mol. The molecule has 0 aromatic carbocycles. The first-order valence-electron chi connectivity index (χ1n) is 7.03. The number of nitrogens with zero attached hydrogens (tertiary/aromatic N) is 2. The third-order valence-electron chi connectivity index (χ3n) is 3.46. The first-order chi connectivity index (χ1) is 10.3. The standard InChI is InChI=1S/C15H17N3O2S/c19-14(12-4-8-20-9-12)17-7-3-13-10-21-15(18-13)11-1-5-16-6-2-11/h1-2,5-6,10,12H,3-4,7-9H2,(H,17,19). The zero-order valence-corrected chi connectivity index (χ0v) is 12.4. The Morgan fingerprint density at radius 3 is 3.05 bits per heavy atom. The van der Waals surface area contributed by atoms with Gasteiger partial charge < -0.3 is 10.1 Å². The number of carbonyl (C=O) groups excluding carboxylic acids is 1. The maximum atomic E-state index is 11.8. The molecular formula is C15H17N3O2S. The van der Waals surface area contributed by atoms with Crippen molar-refractivity contribution in [1.29, 1.82) is 0 Å². The lowest BCUT2D eigenvalue weighted by molar-refractivity contribution is -0.124. The predicted molar refractivity (Wildman–Crippen MR) is 81.0 cm³/mol. The minimum atomic E-state index is 0.0211. The normalized spacial score (nSPS) is 17.8. The highest BCUT2D eigenvalue weighted by molar-refractivity contribution is 7.13. The summed E-state index contributed by atoms with van der Waals surface area (Å²) < 4.78 is 5.22. The van der Waals surface area contributed by atoms with Crippen LogP contribution in [0.5, 0.6) is 0 Å². The largest absolute Gasteiger partial charge is 0.381 e. The van der Waals surface area contributed by atoms with Crippen LogP contribution in [0.1, 0.15) is 12.1 Å². The SMILES string of the molecule is O=C(NCCc1csc(-c2ccncc2)n1)C1CCOC1. The second-order valence-corrected chi connectivity index (χ2v) is 5.84. The smallest absolute Gasteiger partial charge is 0.225 e. The number of thiazole rings is 1. The number of rotatable bonds is 5. The Balaban J connectivity index is 1.50. The first kappa shape index (κ1) is 14.2. The second-order valence-electron chi connectivity index (χ2n) is 4.98. The lowest BCUT2D eigenvalue weighted by Crippen LogP contribution is -2.32. The molecule has 1 aliphatic rings. The van der Waals surface area contributed by atoms with Crippen molar-refractivity contribution in [2.45, 2.75) is 12.8 Å². The van der Waals surface area contributed by atoms with Crippen LogP contribution in [0.25, 0.3) is 10.6 Å². The minimum absolute atomic E-state index is 0.0211. The molecule has 1 atom stereocenters. The molecule has 1 fully saturated rings. The van der Waals surface area contributed by atoms with Crippen molar-refractivity contribution in [3.8, 4) is 10.6 Å². The quantitative estimate of drug-likeness (QED) is 0.916. The van der Waals surface area contributed by atoms with Crippen LogP contribution in [0.3, 0.4) is 0 Å². The van der Waals surface area contributed by atoms with Crippen molar-refractivity contribution in [3.05, 3.63) is 35.6 Å². The molecule has 0 aliphatic carbocycles. The van der Waals surface area contributed by atoms with Crippen molar-refractivity contribution in [1.82, 2.24) is 15.3 Å². The highest BCUT2D eigenvalue weighted by Gasteiger charge is 2.22. The minimum Gasteiger partial charge on any atom is -0.381 e. The van der Waals surface area contributed by atoms with E-state index in [0.717, 1.165) is 29.1 Å². The zero-order chi connectivity index (χ0) is 14.5. The third kappa shape index (κ3) is 3.65. The van der Waals surface area contributed by atoms with Crippen LogP contribution in [0.15, 0.2) is 29.9 Å². The fourth-order valence-corrected chi connectivity index (χ4v) is 3.11. The van der Waals surface area contributed by atoms with E-state index in [1.165, 1.54) is 0 Å². The number of nitrogens with one attached hydrogen (secondary N) is 1. The van der Waals surface area contributed by atoms with E-state index in [4.69, 9.17) is 4.74 Å². The van der Waals surface area contributed by atoms with Crippen molar-refractivity contribution < 1.29 is 9.53 Å². The Morgan fingerprint density at radius 1 is 1.43 bits per heavy atom. The summed E-state index contributed by atoms with van der Waals surface area (Å²) in [6.45, 7) is 1.86. The van der Waals surface area contributed by atoms with E-state index in [1.807, 2.05) is 17.5 Å². The van der Waals surface area contributed by atoms with Gasteiger partial charge >= 0.3 is 0 Å². The number of hydrogen-bond acceptors (Lipinski definition) is 5. The molecule has 2 aromatic heterocycles. The fourth-order valence-electron chi connectivity index (χ4n) is 2.25. The van der Waals surface area contributed by atoms with Gasteiger partial charge in [-0.15, -0.1) is 11.3 Å². The summed E-state index contributed by atoms with van der Waals surface area (Å²) in [7, 11) is 0. The first-order valence-corrected chi connectivity index (χ1v) is 7.91. The Kier molecular flexibility index (Phi) is 4.57. The maximum Gasteiger partial charge on any atom is 0.225 e. The third-order valence-corrected chi connectivity index (χ3v) is 4.40. The van der Waals surface area contributed by atoms with Gasteiger partial charge in [0.15, 0.2) is 0 Å². The van der Waals surface area contributed by atoms with Gasteiger partial charge in [-0.3, -0.25) is 9.78 Å². The molecule has 6 heteroatoms. The molecule has 1 aliphatic heterocycles. The molecule has 0 bridgehead atoms. The molecule has 0 spiro atoms. The lowest BCUT2D eigenvalue weighted by Gasteiger charge is -2.08. The summed E-state index contributed by atoms with van der Waals surface area (Å²) >= 11 is 1.62.